The molecule has 27 heavy (non-hydrogen) atoms. The molecule has 0 saturated heterocycles. The van der Waals surface area contributed by atoms with E-state index in [4.69, 9.17) is 4.74 Å². The second-order valence-electron chi connectivity index (χ2n) is 6.23. The van der Waals surface area contributed by atoms with E-state index in [1.807, 2.05) is 24.3 Å². The van der Waals surface area contributed by atoms with Crippen molar-refractivity contribution >= 4 is 40.8 Å². The van der Waals surface area contributed by atoms with Crippen molar-refractivity contribution in [1.29, 1.82) is 0 Å². The van der Waals surface area contributed by atoms with E-state index in [9.17, 15) is 0 Å². The fourth-order valence-electron chi connectivity index (χ4n) is 3.21. The number of hydrogen-bond donors (Lipinski definition) is 3. The lowest BCUT2D eigenvalue weighted by molar-refractivity contribution is 0.409. The van der Waals surface area contributed by atoms with Crippen molar-refractivity contribution in [3.8, 4) is 5.75 Å². The number of para-hydroxylation sites is 1. The van der Waals surface area contributed by atoms with Gasteiger partial charge >= 0.3 is 0 Å². The maximum Gasteiger partial charge on any atom is 0.191 e. The van der Waals surface area contributed by atoms with Gasteiger partial charge in [0.1, 0.15) is 5.75 Å². The molecule has 0 spiro atoms. The van der Waals surface area contributed by atoms with Gasteiger partial charge < -0.3 is 20.4 Å². The summed E-state index contributed by atoms with van der Waals surface area (Å²) in [6.07, 6.45) is 3.03. The molecule has 5 nitrogen and oxygen atoms in total. The highest BCUT2D eigenvalue weighted by Gasteiger charge is 2.07. The summed E-state index contributed by atoms with van der Waals surface area (Å²) in [6, 6.07) is 14.3. The van der Waals surface area contributed by atoms with Crippen LogP contribution in [0.1, 0.15) is 16.7 Å². The summed E-state index contributed by atoms with van der Waals surface area (Å²) in [7, 11) is 3.47. The molecular formula is C21H27IN4O. The van der Waals surface area contributed by atoms with Crippen LogP contribution in [0.3, 0.4) is 0 Å². The number of aryl methyl sites for hydroxylation is 1. The molecule has 0 aliphatic carbocycles. The molecule has 2 aromatic carbocycles. The van der Waals surface area contributed by atoms with Gasteiger partial charge in [0.15, 0.2) is 5.96 Å². The molecule has 0 bridgehead atoms. The Bertz CT molecular complexity index is 904. The number of nitrogens with zero attached hydrogens (tertiary/aromatic N) is 1. The first-order valence-corrected chi connectivity index (χ1v) is 8.85. The Morgan fingerprint density at radius 2 is 1.89 bits per heavy atom. The van der Waals surface area contributed by atoms with Gasteiger partial charge in [-0.3, -0.25) is 4.99 Å². The summed E-state index contributed by atoms with van der Waals surface area (Å²) in [4.78, 5) is 7.66. The van der Waals surface area contributed by atoms with Crippen LogP contribution in [0.5, 0.6) is 5.75 Å². The Morgan fingerprint density at radius 1 is 1.07 bits per heavy atom. The number of fused-ring (bicyclic) bond motifs is 1. The van der Waals surface area contributed by atoms with Crippen LogP contribution in [-0.2, 0) is 13.0 Å². The molecule has 144 valence electrons. The van der Waals surface area contributed by atoms with Gasteiger partial charge in [0.25, 0.3) is 0 Å². The number of guanidine groups is 1. The lowest BCUT2D eigenvalue weighted by Gasteiger charge is -2.13. The summed E-state index contributed by atoms with van der Waals surface area (Å²) >= 11 is 0. The third-order valence-electron chi connectivity index (χ3n) is 4.55. The van der Waals surface area contributed by atoms with Crippen molar-refractivity contribution in [2.45, 2.75) is 19.9 Å². The van der Waals surface area contributed by atoms with Gasteiger partial charge in [-0.1, -0.05) is 30.3 Å². The van der Waals surface area contributed by atoms with Crippen LogP contribution < -0.4 is 15.4 Å². The molecule has 3 aromatic rings. The monoisotopic (exact) mass is 478 g/mol. The van der Waals surface area contributed by atoms with E-state index in [1.165, 1.54) is 22.0 Å². The molecule has 0 atom stereocenters. The SMILES string of the molecule is CN=C(NCCc1c[nH]c2cccc(C)c12)NCc1ccccc1OC.I. The van der Waals surface area contributed by atoms with Crippen LogP contribution in [0.25, 0.3) is 10.9 Å². The predicted molar refractivity (Wildman–Crippen MR) is 123 cm³/mol. The minimum Gasteiger partial charge on any atom is -0.496 e. The highest BCUT2D eigenvalue weighted by atomic mass is 127. The van der Waals surface area contributed by atoms with Crippen molar-refractivity contribution in [3.05, 3.63) is 65.4 Å². The quantitative estimate of drug-likeness (QED) is 0.285. The number of aliphatic imine (C=N–C) groups is 1. The van der Waals surface area contributed by atoms with E-state index in [0.29, 0.717) is 6.54 Å². The number of ether oxygens (including phenoxy) is 1. The minimum atomic E-state index is 0. The summed E-state index contributed by atoms with van der Waals surface area (Å²) in [5.41, 5.74) is 4.92. The van der Waals surface area contributed by atoms with E-state index in [-0.39, 0.29) is 24.0 Å². The standard InChI is InChI=1S/C21H26N4O.HI/c1-15-7-6-9-18-20(15)17(14-24-18)11-12-23-21(22-2)25-13-16-8-4-5-10-19(16)26-3;/h4-10,14,24H,11-13H2,1-3H3,(H2,22,23,25);1H. The fraction of sp³-hybridized carbons (Fsp3) is 0.286. The first kappa shape index (κ1) is 21.1. The second-order valence-corrected chi connectivity index (χ2v) is 6.23. The highest BCUT2D eigenvalue weighted by molar-refractivity contribution is 14.0. The number of rotatable bonds is 6. The summed E-state index contributed by atoms with van der Waals surface area (Å²) in [6.45, 7) is 3.63. The smallest absolute Gasteiger partial charge is 0.191 e. The maximum absolute atomic E-state index is 5.39. The van der Waals surface area contributed by atoms with Crippen LogP contribution in [0.15, 0.2) is 53.7 Å². The first-order chi connectivity index (χ1) is 12.7. The van der Waals surface area contributed by atoms with E-state index in [2.05, 4.69) is 51.9 Å². The van der Waals surface area contributed by atoms with Gasteiger partial charge in [-0.15, -0.1) is 24.0 Å². The first-order valence-electron chi connectivity index (χ1n) is 8.85. The van der Waals surface area contributed by atoms with Gasteiger partial charge in [0.2, 0.25) is 0 Å². The topological polar surface area (TPSA) is 61.4 Å². The molecule has 6 heteroatoms. The fourth-order valence-corrected chi connectivity index (χ4v) is 3.21. The van der Waals surface area contributed by atoms with Crippen LogP contribution >= 0.6 is 24.0 Å². The molecule has 0 amide bonds. The van der Waals surface area contributed by atoms with Crippen molar-refractivity contribution in [1.82, 2.24) is 15.6 Å². The van der Waals surface area contributed by atoms with Crippen LogP contribution in [0.2, 0.25) is 0 Å². The number of aromatic amines is 1. The Hall–Kier alpha value is -2.22. The number of benzene rings is 2. The van der Waals surface area contributed by atoms with E-state index >= 15 is 0 Å². The van der Waals surface area contributed by atoms with Crippen LogP contribution in [-0.4, -0.2) is 31.6 Å². The van der Waals surface area contributed by atoms with Crippen molar-refractivity contribution in [3.63, 3.8) is 0 Å². The normalized spacial score (nSPS) is 11.1. The van der Waals surface area contributed by atoms with Gasteiger partial charge in [-0.25, -0.2) is 0 Å². The molecular weight excluding hydrogens is 451 g/mol. The minimum absolute atomic E-state index is 0. The Balaban J connectivity index is 0.00000261. The van der Waals surface area contributed by atoms with E-state index in [0.717, 1.165) is 30.2 Å². The largest absolute Gasteiger partial charge is 0.496 e. The van der Waals surface area contributed by atoms with Gasteiger partial charge in [-0.2, -0.15) is 0 Å². The number of methoxy groups -OCH3 is 1. The lowest BCUT2D eigenvalue weighted by Crippen LogP contribution is -2.37. The Kier molecular flexibility index (Phi) is 7.97. The Labute approximate surface area is 177 Å². The van der Waals surface area contributed by atoms with Gasteiger partial charge in [-0.05, 0) is 36.6 Å². The zero-order valence-corrected chi connectivity index (χ0v) is 18.3. The average molecular weight is 478 g/mol. The van der Waals surface area contributed by atoms with Gasteiger partial charge in [0, 0.05) is 42.8 Å². The maximum atomic E-state index is 5.39. The molecule has 0 unspecified atom stereocenters. The molecule has 0 radical (unpaired) electrons. The molecule has 3 rings (SSSR count). The van der Waals surface area contributed by atoms with Gasteiger partial charge in [0.05, 0.1) is 7.11 Å². The summed E-state index contributed by atoms with van der Waals surface area (Å²) in [5.74, 6) is 1.66. The summed E-state index contributed by atoms with van der Waals surface area (Å²) < 4.78 is 5.39. The zero-order valence-electron chi connectivity index (χ0n) is 16.0. The van der Waals surface area contributed by atoms with Crippen LogP contribution in [0.4, 0.5) is 0 Å². The highest BCUT2D eigenvalue weighted by Crippen LogP contribution is 2.22. The van der Waals surface area contributed by atoms with Crippen molar-refractivity contribution in [2.75, 3.05) is 20.7 Å². The number of nitrogens with one attached hydrogen (secondary N) is 3. The number of H-pyrrole nitrogens is 1. The molecule has 0 aliphatic rings. The Morgan fingerprint density at radius 3 is 2.67 bits per heavy atom. The number of halogens is 1. The third-order valence-corrected chi connectivity index (χ3v) is 4.55. The molecule has 3 N–H and O–H groups in total. The second kappa shape index (κ2) is 10.2. The predicted octanol–water partition coefficient (Wildman–Crippen LogP) is 4.01. The molecule has 1 aromatic heterocycles. The van der Waals surface area contributed by atoms with Crippen molar-refractivity contribution < 1.29 is 4.74 Å². The van der Waals surface area contributed by atoms with Crippen LogP contribution in [0, 0.1) is 6.92 Å². The molecule has 0 saturated carbocycles. The lowest BCUT2D eigenvalue weighted by atomic mass is 10.1. The number of aromatic nitrogens is 1. The molecule has 0 fully saturated rings. The third kappa shape index (κ3) is 5.15. The average Bonchev–Trinajstić information content (AvgIpc) is 3.09. The van der Waals surface area contributed by atoms with Crippen molar-refractivity contribution in [2.24, 2.45) is 4.99 Å². The molecule has 0 aliphatic heterocycles. The van der Waals surface area contributed by atoms with E-state index < -0.39 is 0 Å². The summed E-state index contributed by atoms with van der Waals surface area (Å²) in [5, 5.41) is 8.05. The van der Waals surface area contributed by atoms with E-state index in [1.54, 1.807) is 14.2 Å². The molecule has 1 heterocycles. The zero-order chi connectivity index (χ0) is 18.4. The number of hydrogen-bond acceptors (Lipinski definition) is 2.